The van der Waals surface area contributed by atoms with Crippen LogP contribution in [0.4, 0.5) is 5.82 Å². The zero-order valence-electron chi connectivity index (χ0n) is 11.8. The summed E-state index contributed by atoms with van der Waals surface area (Å²) in [6.07, 6.45) is 5.17. The van der Waals surface area contributed by atoms with Crippen molar-refractivity contribution in [3.05, 3.63) is 42.9 Å². The predicted octanol–water partition coefficient (Wildman–Crippen LogP) is 2.13. The van der Waals surface area contributed by atoms with E-state index in [2.05, 4.69) is 15.1 Å². The summed E-state index contributed by atoms with van der Waals surface area (Å²) in [6, 6.07) is 7.57. The van der Waals surface area contributed by atoms with Crippen LogP contribution in [-0.4, -0.2) is 26.9 Å². The van der Waals surface area contributed by atoms with Gasteiger partial charge in [-0.05, 0) is 18.2 Å². The Bertz CT molecular complexity index is 767. The molecule has 0 atom stereocenters. The summed E-state index contributed by atoms with van der Waals surface area (Å²) in [7, 11) is 3.39. The molecule has 0 unspecified atom stereocenters. The van der Waals surface area contributed by atoms with E-state index in [9.17, 15) is 0 Å². The first kappa shape index (κ1) is 13.1. The molecular formula is C15H15N5O. The lowest BCUT2D eigenvalue weighted by atomic mass is 10.0. The van der Waals surface area contributed by atoms with E-state index in [1.165, 1.54) is 0 Å². The van der Waals surface area contributed by atoms with Crippen LogP contribution in [0.15, 0.2) is 42.9 Å². The number of aryl methyl sites for hydroxylation is 1. The Balaban J connectivity index is 2.27. The van der Waals surface area contributed by atoms with Gasteiger partial charge in [0.1, 0.15) is 11.5 Å². The Morgan fingerprint density at radius 3 is 2.71 bits per heavy atom. The Labute approximate surface area is 122 Å². The molecule has 0 amide bonds. The third-order valence-corrected chi connectivity index (χ3v) is 3.26. The Hall–Kier alpha value is -2.89. The number of rotatable bonds is 3. The Morgan fingerprint density at radius 1 is 1.19 bits per heavy atom. The lowest BCUT2D eigenvalue weighted by molar-refractivity contribution is 0.399. The number of nitrogens with two attached hydrogens (primary N) is 1. The van der Waals surface area contributed by atoms with Crippen molar-refractivity contribution in [1.82, 2.24) is 19.7 Å². The number of nitrogen functional groups attached to an aromatic ring is 1. The second kappa shape index (κ2) is 5.24. The molecule has 0 saturated heterocycles. The van der Waals surface area contributed by atoms with Crippen molar-refractivity contribution >= 4 is 5.82 Å². The van der Waals surface area contributed by atoms with Gasteiger partial charge in [0.25, 0.3) is 0 Å². The van der Waals surface area contributed by atoms with Crippen LogP contribution in [0.5, 0.6) is 5.88 Å². The predicted molar refractivity (Wildman–Crippen MR) is 80.6 cm³/mol. The summed E-state index contributed by atoms with van der Waals surface area (Å²) in [5.74, 6) is 1.09. The fraction of sp³-hybridized carbons (Fsp3) is 0.133. The number of nitrogens with zero attached hydrogens (tertiary/aromatic N) is 4. The molecule has 6 nitrogen and oxygen atoms in total. The third kappa shape index (κ3) is 2.20. The molecule has 0 aliphatic heterocycles. The number of ether oxygens (including phenoxy) is 1. The van der Waals surface area contributed by atoms with Crippen molar-refractivity contribution < 1.29 is 4.74 Å². The van der Waals surface area contributed by atoms with Gasteiger partial charge in [0, 0.05) is 31.2 Å². The molecule has 3 aromatic heterocycles. The number of methoxy groups -OCH3 is 1. The van der Waals surface area contributed by atoms with E-state index in [4.69, 9.17) is 10.5 Å². The summed E-state index contributed by atoms with van der Waals surface area (Å²) < 4.78 is 6.97. The summed E-state index contributed by atoms with van der Waals surface area (Å²) in [4.78, 5) is 8.37. The van der Waals surface area contributed by atoms with Gasteiger partial charge >= 0.3 is 0 Å². The minimum Gasteiger partial charge on any atom is -0.481 e. The average Bonchev–Trinajstić information content (AvgIpc) is 2.83. The summed E-state index contributed by atoms with van der Waals surface area (Å²) in [6.45, 7) is 0. The average molecular weight is 281 g/mol. The molecule has 0 aromatic carbocycles. The molecule has 0 aliphatic rings. The van der Waals surface area contributed by atoms with Crippen LogP contribution in [-0.2, 0) is 7.05 Å². The summed E-state index contributed by atoms with van der Waals surface area (Å²) in [5, 5.41) is 4.51. The van der Waals surface area contributed by atoms with Gasteiger partial charge in [-0.2, -0.15) is 5.10 Å². The van der Waals surface area contributed by atoms with Crippen molar-refractivity contribution in [2.24, 2.45) is 7.05 Å². The molecule has 21 heavy (non-hydrogen) atoms. The van der Waals surface area contributed by atoms with Crippen LogP contribution in [0.1, 0.15) is 0 Å². The van der Waals surface area contributed by atoms with Crippen LogP contribution >= 0.6 is 0 Å². The van der Waals surface area contributed by atoms with E-state index >= 15 is 0 Å². The first-order chi connectivity index (χ1) is 10.2. The molecule has 0 radical (unpaired) electrons. The van der Waals surface area contributed by atoms with Gasteiger partial charge in [-0.15, -0.1) is 0 Å². The van der Waals surface area contributed by atoms with Crippen LogP contribution in [0.3, 0.4) is 0 Å². The Kier molecular flexibility index (Phi) is 3.27. The van der Waals surface area contributed by atoms with Crippen LogP contribution < -0.4 is 10.5 Å². The van der Waals surface area contributed by atoms with Crippen LogP contribution in [0.25, 0.3) is 22.4 Å². The molecule has 3 rings (SSSR count). The zero-order chi connectivity index (χ0) is 14.8. The first-order valence-electron chi connectivity index (χ1n) is 6.44. The van der Waals surface area contributed by atoms with Crippen molar-refractivity contribution in [3.63, 3.8) is 0 Å². The second-order valence-corrected chi connectivity index (χ2v) is 4.53. The second-order valence-electron chi connectivity index (χ2n) is 4.53. The van der Waals surface area contributed by atoms with Crippen molar-refractivity contribution in [3.8, 4) is 28.3 Å². The molecule has 6 heteroatoms. The monoisotopic (exact) mass is 281 g/mol. The largest absolute Gasteiger partial charge is 0.481 e. The summed E-state index contributed by atoms with van der Waals surface area (Å²) in [5.41, 5.74) is 9.44. The van der Waals surface area contributed by atoms with Crippen molar-refractivity contribution in [2.45, 2.75) is 0 Å². The maximum absolute atomic E-state index is 6.18. The number of aromatic nitrogens is 4. The first-order valence-corrected chi connectivity index (χ1v) is 6.44. The molecule has 2 N–H and O–H groups in total. The molecule has 0 fully saturated rings. The smallest absolute Gasteiger partial charge is 0.222 e. The topological polar surface area (TPSA) is 78.9 Å². The number of anilines is 1. The molecule has 0 aliphatic carbocycles. The number of hydrogen-bond acceptors (Lipinski definition) is 5. The van der Waals surface area contributed by atoms with Gasteiger partial charge in [0.15, 0.2) is 0 Å². The van der Waals surface area contributed by atoms with E-state index in [0.717, 1.165) is 22.4 Å². The fourth-order valence-corrected chi connectivity index (χ4v) is 2.25. The van der Waals surface area contributed by atoms with Gasteiger partial charge in [-0.3, -0.25) is 9.67 Å². The van der Waals surface area contributed by atoms with E-state index in [0.29, 0.717) is 11.7 Å². The molecular weight excluding hydrogens is 266 g/mol. The van der Waals surface area contributed by atoms with E-state index in [1.807, 2.05) is 31.3 Å². The molecule has 3 heterocycles. The number of pyridine rings is 2. The van der Waals surface area contributed by atoms with Gasteiger partial charge in [-0.25, -0.2) is 4.98 Å². The van der Waals surface area contributed by atoms with E-state index in [1.54, 1.807) is 30.4 Å². The normalized spacial score (nSPS) is 10.6. The quantitative estimate of drug-likeness (QED) is 0.795. The van der Waals surface area contributed by atoms with Crippen molar-refractivity contribution in [2.75, 3.05) is 12.8 Å². The highest BCUT2D eigenvalue weighted by molar-refractivity contribution is 5.89. The lowest BCUT2D eigenvalue weighted by Gasteiger charge is -2.07. The third-order valence-electron chi connectivity index (χ3n) is 3.26. The highest BCUT2D eigenvalue weighted by atomic mass is 16.5. The minimum atomic E-state index is 0.515. The van der Waals surface area contributed by atoms with Crippen LogP contribution in [0.2, 0.25) is 0 Å². The molecule has 0 spiro atoms. The standard InChI is InChI=1S/C15H15N5O/c1-20-14(16)12(10-5-3-7-17-9-10)13(19-20)11-6-4-8-18-15(11)21-2/h3-9H,16H2,1-2H3. The maximum Gasteiger partial charge on any atom is 0.222 e. The van der Waals surface area contributed by atoms with Gasteiger partial charge in [0.2, 0.25) is 5.88 Å². The van der Waals surface area contributed by atoms with E-state index < -0.39 is 0 Å². The van der Waals surface area contributed by atoms with Gasteiger partial charge < -0.3 is 10.5 Å². The Morgan fingerprint density at radius 2 is 2.00 bits per heavy atom. The van der Waals surface area contributed by atoms with Crippen molar-refractivity contribution in [1.29, 1.82) is 0 Å². The zero-order valence-corrected chi connectivity index (χ0v) is 11.8. The highest BCUT2D eigenvalue weighted by Crippen LogP contribution is 2.38. The molecule has 3 aromatic rings. The lowest BCUT2D eigenvalue weighted by Crippen LogP contribution is -1.98. The minimum absolute atomic E-state index is 0.515. The molecule has 0 saturated carbocycles. The number of hydrogen-bond donors (Lipinski definition) is 1. The van der Waals surface area contributed by atoms with Gasteiger partial charge in [0.05, 0.1) is 18.2 Å². The van der Waals surface area contributed by atoms with E-state index in [-0.39, 0.29) is 0 Å². The highest BCUT2D eigenvalue weighted by Gasteiger charge is 2.20. The molecule has 106 valence electrons. The van der Waals surface area contributed by atoms with Crippen LogP contribution in [0, 0.1) is 0 Å². The molecule has 0 bridgehead atoms. The fourth-order valence-electron chi connectivity index (χ4n) is 2.25. The SMILES string of the molecule is COc1ncccc1-c1nn(C)c(N)c1-c1cccnc1. The van der Waals surface area contributed by atoms with Gasteiger partial charge in [-0.1, -0.05) is 6.07 Å². The maximum atomic E-state index is 6.18. The summed E-state index contributed by atoms with van der Waals surface area (Å²) >= 11 is 0.